The summed E-state index contributed by atoms with van der Waals surface area (Å²) in [6.45, 7) is -1.11. The largest absolute Gasteiger partial charge is 0.406 e. The molecule has 1 saturated heterocycles. The molecule has 0 radical (unpaired) electrons. The lowest BCUT2D eigenvalue weighted by Crippen LogP contribution is -2.50. The second kappa shape index (κ2) is 7.25. The van der Waals surface area contributed by atoms with Crippen LogP contribution in [-0.4, -0.2) is 50.7 Å². The summed E-state index contributed by atoms with van der Waals surface area (Å²) < 4.78 is 39.4. The second-order valence-corrected chi connectivity index (χ2v) is 7.87. The van der Waals surface area contributed by atoms with Crippen molar-refractivity contribution in [2.45, 2.75) is 25.1 Å². The fraction of sp³-hybridized carbons (Fsp3) is 0.353. The van der Waals surface area contributed by atoms with E-state index in [1.165, 1.54) is 11.3 Å². The maximum atomic E-state index is 12.6. The highest BCUT2D eigenvalue weighted by molar-refractivity contribution is 7.20. The Kier molecular flexibility index (Phi) is 4.92. The van der Waals surface area contributed by atoms with Crippen molar-refractivity contribution in [2.75, 3.05) is 18.4 Å². The van der Waals surface area contributed by atoms with Crippen LogP contribution in [0.4, 0.5) is 18.3 Å². The Morgan fingerprint density at radius 1 is 1.29 bits per heavy atom. The number of nitrogens with one attached hydrogen (secondary N) is 1. The smallest absolute Gasteiger partial charge is 0.348 e. The molecule has 1 aromatic carbocycles. The van der Waals surface area contributed by atoms with Gasteiger partial charge >= 0.3 is 6.18 Å². The number of piperidine rings is 1. The molecule has 1 atom stereocenters. The predicted molar refractivity (Wildman–Crippen MR) is 101 cm³/mol. The van der Waals surface area contributed by atoms with Crippen LogP contribution < -0.4 is 5.32 Å². The van der Waals surface area contributed by atoms with Crippen molar-refractivity contribution in [3.63, 3.8) is 0 Å². The summed E-state index contributed by atoms with van der Waals surface area (Å²) in [5, 5.41) is 8.38. The number of benzene rings is 1. The van der Waals surface area contributed by atoms with Gasteiger partial charge in [-0.3, -0.25) is 4.79 Å². The van der Waals surface area contributed by atoms with Gasteiger partial charge in [0.1, 0.15) is 12.6 Å². The van der Waals surface area contributed by atoms with E-state index in [-0.39, 0.29) is 6.54 Å². The molecule has 0 bridgehead atoms. The van der Waals surface area contributed by atoms with E-state index >= 15 is 0 Å². The van der Waals surface area contributed by atoms with E-state index in [1.54, 1.807) is 22.8 Å². The van der Waals surface area contributed by atoms with E-state index in [1.807, 2.05) is 12.1 Å². The molecule has 1 aliphatic rings. The molecule has 1 amide bonds. The van der Waals surface area contributed by atoms with Gasteiger partial charge in [0.2, 0.25) is 16.0 Å². The van der Waals surface area contributed by atoms with Gasteiger partial charge in [-0.1, -0.05) is 35.1 Å². The number of rotatable bonds is 4. The van der Waals surface area contributed by atoms with E-state index in [0.29, 0.717) is 28.0 Å². The monoisotopic (exact) mass is 429 g/mol. The molecular formula is C17H15ClF3N5OS. The molecule has 1 aliphatic heterocycles. The number of likely N-dealkylation sites (tertiary alicyclic amines) is 1. The van der Waals surface area contributed by atoms with E-state index in [0.717, 1.165) is 16.2 Å². The molecule has 4 rings (SSSR count). The first-order valence-electron chi connectivity index (χ1n) is 8.53. The second-order valence-electron chi connectivity index (χ2n) is 6.48. The van der Waals surface area contributed by atoms with Crippen molar-refractivity contribution in [3.05, 3.63) is 35.5 Å². The first-order chi connectivity index (χ1) is 13.3. The number of hydrogen-bond acceptors (Lipinski definition) is 5. The maximum absolute atomic E-state index is 12.6. The van der Waals surface area contributed by atoms with Gasteiger partial charge in [0.05, 0.1) is 11.9 Å². The third kappa shape index (κ3) is 4.07. The van der Waals surface area contributed by atoms with Crippen LogP contribution in [0.25, 0.3) is 16.2 Å². The summed E-state index contributed by atoms with van der Waals surface area (Å²) in [5.74, 6) is -0.557. The minimum Gasteiger partial charge on any atom is -0.348 e. The molecule has 28 heavy (non-hydrogen) atoms. The minimum absolute atomic E-state index is 0.113. The molecule has 0 saturated carbocycles. The molecule has 6 nitrogen and oxygen atoms in total. The number of carbonyl (C=O) groups is 1. The van der Waals surface area contributed by atoms with Crippen molar-refractivity contribution in [1.82, 2.24) is 19.5 Å². The number of fused-ring (bicyclic) bond motifs is 1. The molecule has 1 N–H and O–H groups in total. The molecular weight excluding hydrogens is 415 g/mol. The number of aromatic nitrogens is 3. The van der Waals surface area contributed by atoms with Crippen LogP contribution in [0.15, 0.2) is 30.5 Å². The van der Waals surface area contributed by atoms with E-state index < -0.39 is 24.7 Å². The lowest BCUT2D eigenvalue weighted by molar-refractivity contribution is -0.163. The van der Waals surface area contributed by atoms with Crippen molar-refractivity contribution < 1.29 is 18.0 Å². The minimum atomic E-state index is -4.41. The zero-order valence-electron chi connectivity index (χ0n) is 14.4. The van der Waals surface area contributed by atoms with Gasteiger partial charge in [-0.2, -0.15) is 13.2 Å². The zero-order valence-corrected chi connectivity index (χ0v) is 16.0. The highest BCUT2D eigenvalue weighted by Gasteiger charge is 2.37. The molecule has 1 fully saturated rings. The maximum Gasteiger partial charge on any atom is 0.406 e. The molecule has 148 valence electrons. The third-order valence-electron chi connectivity index (χ3n) is 4.38. The highest BCUT2D eigenvalue weighted by atomic mass is 35.5. The first-order valence-corrected chi connectivity index (χ1v) is 9.72. The first kappa shape index (κ1) is 19.0. The summed E-state index contributed by atoms with van der Waals surface area (Å²) in [7, 11) is 0. The number of carbonyl (C=O) groups excluding carboxylic acids is 1. The molecule has 11 heteroatoms. The van der Waals surface area contributed by atoms with Crippen molar-refractivity contribution in [1.29, 1.82) is 0 Å². The Morgan fingerprint density at radius 2 is 2.04 bits per heavy atom. The number of nitrogens with zero attached hydrogens (tertiary/aromatic N) is 4. The summed E-state index contributed by atoms with van der Waals surface area (Å²) >= 11 is 7.13. The predicted octanol–water partition coefficient (Wildman–Crippen LogP) is 4.08. The number of amides is 1. The van der Waals surface area contributed by atoms with Gasteiger partial charge in [0.15, 0.2) is 0 Å². The Morgan fingerprint density at radius 3 is 2.71 bits per heavy atom. The Balaban J connectivity index is 1.48. The van der Waals surface area contributed by atoms with Gasteiger partial charge in [-0.05, 0) is 25.0 Å². The normalized spacial score (nSPS) is 18.1. The lowest BCUT2D eigenvalue weighted by atomic mass is 10.1. The van der Waals surface area contributed by atoms with Crippen molar-refractivity contribution >= 4 is 38.9 Å². The Labute approximate surface area is 166 Å². The third-order valence-corrected chi connectivity index (χ3v) is 5.49. The molecule has 0 spiro atoms. The number of halogens is 4. The zero-order chi connectivity index (χ0) is 19.9. The quantitative estimate of drug-likeness (QED) is 0.679. The van der Waals surface area contributed by atoms with Crippen molar-refractivity contribution in [2.24, 2.45) is 0 Å². The van der Waals surface area contributed by atoms with Crippen LogP contribution in [0, 0.1) is 0 Å². The fourth-order valence-corrected chi connectivity index (χ4v) is 4.07. The molecule has 1 unspecified atom stereocenters. The number of imidazole rings is 1. The van der Waals surface area contributed by atoms with E-state index in [2.05, 4.69) is 15.4 Å². The van der Waals surface area contributed by atoms with Crippen LogP contribution >= 0.6 is 22.9 Å². The topological polar surface area (TPSA) is 62.5 Å². The molecule has 2 aromatic heterocycles. The van der Waals surface area contributed by atoms with Crippen LogP contribution in [0.2, 0.25) is 5.02 Å². The molecule has 3 aromatic rings. The number of alkyl halides is 3. The van der Waals surface area contributed by atoms with Crippen molar-refractivity contribution in [3.8, 4) is 11.3 Å². The fourth-order valence-electron chi connectivity index (χ4n) is 3.11. The average Bonchev–Trinajstić information content (AvgIpc) is 3.16. The summed E-state index contributed by atoms with van der Waals surface area (Å²) in [6.07, 6.45) is -1.69. The standard InChI is InChI=1S/C17H15ClF3N5OS/c18-11-5-3-10(4-6-11)13-8-26-16(23-13)28-15(24-26)22-12-2-1-7-25(14(12)27)9-17(19,20)21/h3-6,8,12H,1-2,7,9H2,(H,22,24). The van der Waals surface area contributed by atoms with Gasteiger partial charge in [0.25, 0.3) is 0 Å². The number of hydrogen-bond donors (Lipinski definition) is 1. The van der Waals surface area contributed by atoms with E-state index in [4.69, 9.17) is 11.6 Å². The average molecular weight is 430 g/mol. The summed E-state index contributed by atoms with van der Waals surface area (Å²) in [4.78, 5) is 18.3. The Hall–Kier alpha value is -2.33. The number of anilines is 1. The Bertz CT molecular complexity index is 969. The summed E-state index contributed by atoms with van der Waals surface area (Å²) in [6, 6.07) is 6.52. The van der Waals surface area contributed by atoms with Crippen LogP contribution in [-0.2, 0) is 4.79 Å². The lowest BCUT2D eigenvalue weighted by Gasteiger charge is -2.32. The highest BCUT2D eigenvalue weighted by Crippen LogP contribution is 2.27. The van der Waals surface area contributed by atoms with Gasteiger partial charge in [0, 0.05) is 17.1 Å². The van der Waals surface area contributed by atoms with Crippen LogP contribution in [0.1, 0.15) is 12.8 Å². The molecule has 3 heterocycles. The SMILES string of the molecule is O=C1C(Nc2nn3cc(-c4ccc(Cl)cc4)nc3s2)CCCN1CC(F)(F)F. The van der Waals surface area contributed by atoms with Gasteiger partial charge < -0.3 is 10.2 Å². The van der Waals surface area contributed by atoms with E-state index in [9.17, 15) is 18.0 Å². The van der Waals surface area contributed by atoms with Crippen LogP contribution in [0.3, 0.4) is 0 Å². The molecule has 0 aliphatic carbocycles. The van der Waals surface area contributed by atoms with Gasteiger partial charge in [-0.15, -0.1) is 5.10 Å². The van der Waals surface area contributed by atoms with Gasteiger partial charge in [-0.25, -0.2) is 9.50 Å². The van der Waals surface area contributed by atoms with Crippen LogP contribution in [0.5, 0.6) is 0 Å². The summed E-state index contributed by atoms with van der Waals surface area (Å²) in [5.41, 5.74) is 1.62.